The molecule has 2 aromatic heterocycles. The Kier molecular flexibility index (Phi) is 3.12. The Balaban J connectivity index is 1.69. The Morgan fingerprint density at radius 1 is 1.32 bits per heavy atom. The van der Waals surface area contributed by atoms with E-state index in [2.05, 4.69) is 9.97 Å². The van der Waals surface area contributed by atoms with Crippen molar-refractivity contribution in [2.45, 2.75) is 13.0 Å². The molecule has 3 aromatic rings. The van der Waals surface area contributed by atoms with Gasteiger partial charge in [-0.2, -0.15) is 0 Å². The Hall–Kier alpha value is -2.33. The van der Waals surface area contributed by atoms with Gasteiger partial charge in [0, 0.05) is 59.1 Å². The molecule has 22 heavy (non-hydrogen) atoms. The summed E-state index contributed by atoms with van der Waals surface area (Å²) in [5, 5.41) is 1.86. The standard InChI is InChI=1S/C17H14ClN3O/c18-12-3-4-13-14-10-21(7-5-15(14)20-16(13)8-12)17(22)11-2-1-6-19-9-11/h1-4,6,8-9,20H,5,7,10H2. The van der Waals surface area contributed by atoms with Gasteiger partial charge in [-0.05, 0) is 24.3 Å². The number of amides is 1. The van der Waals surface area contributed by atoms with Crippen LogP contribution in [-0.4, -0.2) is 27.3 Å². The van der Waals surface area contributed by atoms with E-state index >= 15 is 0 Å². The first-order chi connectivity index (χ1) is 10.7. The Bertz CT molecular complexity index is 857. The first kappa shape index (κ1) is 13.3. The van der Waals surface area contributed by atoms with Crippen molar-refractivity contribution in [3.05, 3.63) is 64.6 Å². The molecule has 1 aromatic carbocycles. The molecule has 0 fully saturated rings. The third-order valence-electron chi connectivity index (χ3n) is 4.13. The summed E-state index contributed by atoms with van der Waals surface area (Å²) in [4.78, 5) is 21.9. The molecule has 4 nitrogen and oxygen atoms in total. The molecular weight excluding hydrogens is 298 g/mol. The molecule has 0 radical (unpaired) electrons. The van der Waals surface area contributed by atoms with Gasteiger partial charge in [-0.3, -0.25) is 9.78 Å². The number of aromatic amines is 1. The van der Waals surface area contributed by atoms with Gasteiger partial charge in [-0.1, -0.05) is 17.7 Å². The molecule has 3 heterocycles. The lowest BCUT2D eigenvalue weighted by atomic mass is 10.0. The summed E-state index contributed by atoms with van der Waals surface area (Å²) in [6.45, 7) is 1.33. The Labute approximate surface area is 132 Å². The van der Waals surface area contributed by atoms with Gasteiger partial charge in [0.2, 0.25) is 0 Å². The second kappa shape index (κ2) is 5.14. The number of pyridine rings is 1. The summed E-state index contributed by atoms with van der Waals surface area (Å²) in [5.74, 6) is 0.0297. The second-order valence-corrected chi connectivity index (χ2v) is 5.93. The highest BCUT2D eigenvalue weighted by Gasteiger charge is 2.24. The van der Waals surface area contributed by atoms with E-state index < -0.39 is 0 Å². The van der Waals surface area contributed by atoms with Crippen molar-refractivity contribution < 1.29 is 4.79 Å². The van der Waals surface area contributed by atoms with Crippen LogP contribution < -0.4 is 0 Å². The molecule has 5 heteroatoms. The number of hydrogen-bond donors (Lipinski definition) is 1. The number of nitrogens with zero attached hydrogens (tertiary/aromatic N) is 2. The highest BCUT2D eigenvalue weighted by atomic mass is 35.5. The second-order valence-electron chi connectivity index (χ2n) is 5.49. The third-order valence-corrected chi connectivity index (χ3v) is 4.37. The molecule has 0 aliphatic carbocycles. The average molecular weight is 312 g/mol. The van der Waals surface area contributed by atoms with Gasteiger partial charge in [-0.15, -0.1) is 0 Å². The van der Waals surface area contributed by atoms with E-state index in [9.17, 15) is 4.79 Å². The van der Waals surface area contributed by atoms with E-state index in [1.165, 1.54) is 11.3 Å². The number of carbonyl (C=O) groups is 1. The van der Waals surface area contributed by atoms with E-state index in [1.807, 2.05) is 23.1 Å². The zero-order chi connectivity index (χ0) is 15.1. The number of rotatable bonds is 1. The molecule has 1 aliphatic rings. The maximum atomic E-state index is 12.6. The van der Waals surface area contributed by atoms with Crippen LogP contribution in [0.25, 0.3) is 10.9 Å². The van der Waals surface area contributed by atoms with E-state index in [4.69, 9.17) is 11.6 Å². The number of carbonyl (C=O) groups excluding carboxylic acids is 1. The molecule has 110 valence electrons. The molecule has 0 atom stereocenters. The van der Waals surface area contributed by atoms with E-state index in [0.29, 0.717) is 18.7 Å². The molecule has 0 spiro atoms. The number of hydrogen-bond acceptors (Lipinski definition) is 2. The molecule has 0 saturated heterocycles. The van der Waals surface area contributed by atoms with Gasteiger partial charge in [0.05, 0.1) is 5.56 Å². The Morgan fingerprint density at radius 2 is 2.23 bits per heavy atom. The van der Waals surface area contributed by atoms with Crippen LogP contribution in [0.2, 0.25) is 5.02 Å². The summed E-state index contributed by atoms with van der Waals surface area (Å²) in [7, 11) is 0. The summed E-state index contributed by atoms with van der Waals surface area (Å²) < 4.78 is 0. The van der Waals surface area contributed by atoms with Gasteiger partial charge in [0.1, 0.15) is 0 Å². The number of nitrogens with one attached hydrogen (secondary N) is 1. The molecule has 1 aliphatic heterocycles. The van der Waals surface area contributed by atoms with Crippen molar-refractivity contribution >= 4 is 28.4 Å². The summed E-state index contributed by atoms with van der Waals surface area (Å²) >= 11 is 6.05. The van der Waals surface area contributed by atoms with Crippen molar-refractivity contribution in [3.8, 4) is 0 Å². The van der Waals surface area contributed by atoms with Crippen LogP contribution >= 0.6 is 11.6 Å². The van der Waals surface area contributed by atoms with Crippen LogP contribution in [0.5, 0.6) is 0 Å². The Morgan fingerprint density at radius 3 is 3.05 bits per heavy atom. The zero-order valence-electron chi connectivity index (χ0n) is 11.8. The smallest absolute Gasteiger partial charge is 0.255 e. The maximum Gasteiger partial charge on any atom is 0.255 e. The first-order valence-corrected chi connectivity index (χ1v) is 7.58. The van der Waals surface area contributed by atoms with Crippen LogP contribution in [-0.2, 0) is 13.0 Å². The normalized spacial score (nSPS) is 14.1. The lowest BCUT2D eigenvalue weighted by Crippen LogP contribution is -2.35. The predicted molar refractivity (Wildman–Crippen MR) is 86.0 cm³/mol. The summed E-state index contributed by atoms with van der Waals surface area (Å²) in [5.41, 5.74) is 4.06. The zero-order valence-corrected chi connectivity index (χ0v) is 12.6. The van der Waals surface area contributed by atoms with Crippen LogP contribution in [0.1, 0.15) is 21.6 Å². The van der Waals surface area contributed by atoms with E-state index in [-0.39, 0.29) is 5.91 Å². The van der Waals surface area contributed by atoms with Gasteiger partial charge in [0.25, 0.3) is 5.91 Å². The summed E-state index contributed by atoms with van der Waals surface area (Å²) in [6, 6.07) is 9.43. The molecule has 1 amide bonds. The number of benzene rings is 1. The topological polar surface area (TPSA) is 49.0 Å². The fourth-order valence-corrected chi connectivity index (χ4v) is 3.21. The lowest BCUT2D eigenvalue weighted by molar-refractivity contribution is 0.0734. The number of H-pyrrole nitrogens is 1. The fraction of sp³-hybridized carbons (Fsp3) is 0.176. The highest BCUT2D eigenvalue weighted by Crippen LogP contribution is 2.29. The minimum absolute atomic E-state index is 0.0297. The first-order valence-electron chi connectivity index (χ1n) is 7.20. The van der Waals surface area contributed by atoms with Gasteiger partial charge >= 0.3 is 0 Å². The largest absolute Gasteiger partial charge is 0.358 e. The molecule has 0 bridgehead atoms. The molecule has 4 rings (SSSR count). The molecular formula is C17H14ClN3O. The van der Waals surface area contributed by atoms with Crippen molar-refractivity contribution in [2.75, 3.05) is 6.54 Å². The van der Waals surface area contributed by atoms with Crippen LogP contribution in [0, 0.1) is 0 Å². The van der Waals surface area contributed by atoms with Crippen LogP contribution in [0.3, 0.4) is 0 Å². The van der Waals surface area contributed by atoms with Crippen molar-refractivity contribution in [2.24, 2.45) is 0 Å². The minimum Gasteiger partial charge on any atom is -0.358 e. The lowest BCUT2D eigenvalue weighted by Gasteiger charge is -2.27. The SMILES string of the molecule is O=C(c1cccnc1)N1CCc2[nH]c3cc(Cl)ccc3c2C1. The minimum atomic E-state index is 0.0297. The van der Waals surface area contributed by atoms with Gasteiger partial charge < -0.3 is 9.88 Å². The molecule has 0 saturated carbocycles. The molecule has 1 N–H and O–H groups in total. The van der Waals surface area contributed by atoms with Gasteiger partial charge in [-0.25, -0.2) is 0 Å². The van der Waals surface area contributed by atoms with Gasteiger partial charge in [0.15, 0.2) is 0 Å². The highest BCUT2D eigenvalue weighted by molar-refractivity contribution is 6.31. The summed E-state index contributed by atoms with van der Waals surface area (Å²) in [6.07, 6.45) is 4.12. The quantitative estimate of drug-likeness (QED) is 0.748. The third kappa shape index (κ3) is 2.16. The van der Waals surface area contributed by atoms with E-state index in [0.717, 1.165) is 22.3 Å². The number of halogens is 1. The molecule has 0 unspecified atom stereocenters. The van der Waals surface area contributed by atoms with Crippen LogP contribution in [0.15, 0.2) is 42.7 Å². The monoisotopic (exact) mass is 311 g/mol. The maximum absolute atomic E-state index is 12.6. The fourth-order valence-electron chi connectivity index (χ4n) is 3.04. The van der Waals surface area contributed by atoms with Crippen molar-refractivity contribution in [1.29, 1.82) is 0 Å². The van der Waals surface area contributed by atoms with E-state index in [1.54, 1.807) is 24.5 Å². The number of fused-ring (bicyclic) bond motifs is 3. The average Bonchev–Trinajstić information content (AvgIpc) is 2.91. The van der Waals surface area contributed by atoms with Crippen LogP contribution in [0.4, 0.5) is 0 Å². The van der Waals surface area contributed by atoms with Crippen molar-refractivity contribution in [3.63, 3.8) is 0 Å². The predicted octanol–water partition coefficient (Wildman–Crippen LogP) is 3.41. The van der Waals surface area contributed by atoms with Crippen molar-refractivity contribution in [1.82, 2.24) is 14.9 Å². The number of aromatic nitrogens is 2.